The van der Waals surface area contributed by atoms with Crippen molar-refractivity contribution >= 4 is 11.8 Å². The van der Waals surface area contributed by atoms with Gasteiger partial charge in [-0.1, -0.05) is 18.9 Å². The minimum Gasteiger partial charge on any atom is -0.390 e. The minimum absolute atomic E-state index is 0.116. The highest BCUT2D eigenvalue weighted by atomic mass is 19.1. The van der Waals surface area contributed by atoms with Crippen LogP contribution in [0.15, 0.2) is 24.3 Å². The van der Waals surface area contributed by atoms with Gasteiger partial charge in [-0.15, -0.1) is 0 Å². The summed E-state index contributed by atoms with van der Waals surface area (Å²) in [5.41, 5.74) is -1.15. The number of halogens is 1. The Labute approximate surface area is 146 Å². The van der Waals surface area contributed by atoms with Crippen molar-refractivity contribution in [2.45, 2.75) is 63.3 Å². The fraction of sp³-hybridized carbons (Fsp3) is 0.556. The Bertz CT molecular complexity index is 635. The molecule has 1 aromatic carbocycles. The summed E-state index contributed by atoms with van der Waals surface area (Å²) in [5.74, 6) is -1.58. The second-order valence-corrected chi connectivity index (χ2v) is 7.01. The number of hydrogen-bond acceptors (Lipinski definition) is 4. The van der Waals surface area contributed by atoms with Crippen LogP contribution in [0.2, 0.25) is 0 Å². The Kier molecular flexibility index (Phi) is 6.13. The molecule has 4 N–H and O–H groups in total. The SMILES string of the molecule is CC(C)(NC(=O)c1cccc(F)c1)C(=O)N[C@@H]1CCCC[C@@H](O)[C@@H]1O. The molecule has 7 heteroatoms. The largest absolute Gasteiger partial charge is 0.390 e. The van der Waals surface area contributed by atoms with E-state index in [1.165, 1.54) is 32.0 Å². The molecule has 1 aliphatic carbocycles. The van der Waals surface area contributed by atoms with Gasteiger partial charge in [0.15, 0.2) is 0 Å². The lowest BCUT2D eigenvalue weighted by Gasteiger charge is -2.30. The zero-order valence-electron chi connectivity index (χ0n) is 14.5. The van der Waals surface area contributed by atoms with Crippen molar-refractivity contribution in [3.05, 3.63) is 35.6 Å². The van der Waals surface area contributed by atoms with Gasteiger partial charge in [0.1, 0.15) is 11.4 Å². The summed E-state index contributed by atoms with van der Waals surface area (Å²) >= 11 is 0. The first-order valence-corrected chi connectivity index (χ1v) is 8.46. The van der Waals surface area contributed by atoms with E-state index in [0.717, 1.165) is 18.9 Å². The fourth-order valence-electron chi connectivity index (χ4n) is 2.88. The summed E-state index contributed by atoms with van der Waals surface area (Å²) in [6.07, 6.45) is 0.698. The Balaban J connectivity index is 2.02. The quantitative estimate of drug-likeness (QED) is 0.610. The van der Waals surface area contributed by atoms with E-state index in [-0.39, 0.29) is 5.56 Å². The maximum Gasteiger partial charge on any atom is 0.252 e. The molecule has 138 valence electrons. The van der Waals surface area contributed by atoms with Crippen molar-refractivity contribution in [3.8, 4) is 0 Å². The normalized spacial score (nSPS) is 24.3. The Morgan fingerprint density at radius 1 is 1.20 bits per heavy atom. The molecule has 1 saturated carbocycles. The smallest absolute Gasteiger partial charge is 0.252 e. The number of aliphatic hydroxyl groups is 2. The number of amides is 2. The van der Waals surface area contributed by atoms with Gasteiger partial charge in [-0.2, -0.15) is 0 Å². The first kappa shape index (κ1) is 19.3. The Morgan fingerprint density at radius 3 is 2.56 bits per heavy atom. The van der Waals surface area contributed by atoms with Crippen molar-refractivity contribution in [2.24, 2.45) is 0 Å². The molecule has 1 fully saturated rings. The molecule has 1 aliphatic rings. The van der Waals surface area contributed by atoms with Crippen LogP contribution in [0.1, 0.15) is 49.9 Å². The maximum atomic E-state index is 13.2. The molecule has 3 atom stereocenters. The molecule has 25 heavy (non-hydrogen) atoms. The third-order valence-electron chi connectivity index (χ3n) is 4.47. The highest BCUT2D eigenvalue weighted by molar-refractivity contribution is 5.99. The van der Waals surface area contributed by atoms with Gasteiger partial charge in [-0.3, -0.25) is 9.59 Å². The van der Waals surface area contributed by atoms with E-state index < -0.39 is 41.4 Å². The number of aliphatic hydroxyl groups excluding tert-OH is 2. The van der Waals surface area contributed by atoms with Crippen LogP contribution < -0.4 is 10.6 Å². The predicted molar refractivity (Wildman–Crippen MR) is 90.4 cm³/mol. The molecule has 0 aliphatic heterocycles. The minimum atomic E-state index is -1.26. The zero-order chi connectivity index (χ0) is 18.6. The number of benzene rings is 1. The van der Waals surface area contributed by atoms with Gasteiger partial charge < -0.3 is 20.8 Å². The van der Waals surface area contributed by atoms with Gasteiger partial charge in [0.25, 0.3) is 5.91 Å². The molecule has 0 saturated heterocycles. The van der Waals surface area contributed by atoms with Crippen LogP contribution in [0, 0.1) is 5.82 Å². The summed E-state index contributed by atoms with van der Waals surface area (Å²) < 4.78 is 13.2. The average molecular weight is 352 g/mol. The van der Waals surface area contributed by atoms with Crippen LogP contribution in [0.3, 0.4) is 0 Å². The van der Waals surface area contributed by atoms with Crippen molar-refractivity contribution < 1.29 is 24.2 Å². The van der Waals surface area contributed by atoms with E-state index in [1.807, 2.05) is 0 Å². The molecule has 0 radical (unpaired) electrons. The number of nitrogens with one attached hydrogen (secondary N) is 2. The van der Waals surface area contributed by atoms with Crippen LogP contribution in [0.4, 0.5) is 4.39 Å². The van der Waals surface area contributed by atoms with Gasteiger partial charge in [0.05, 0.1) is 18.2 Å². The summed E-state index contributed by atoms with van der Waals surface area (Å²) in [4.78, 5) is 24.8. The molecule has 0 aromatic heterocycles. The van der Waals surface area contributed by atoms with Crippen LogP contribution >= 0.6 is 0 Å². The molecule has 1 aromatic rings. The van der Waals surface area contributed by atoms with Gasteiger partial charge in [-0.25, -0.2) is 4.39 Å². The summed E-state index contributed by atoms with van der Waals surface area (Å²) in [7, 11) is 0. The second-order valence-electron chi connectivity index (χ2n) is 7.01. The molecule has 2 amide bonds. The standard InChI is InChI=1S/C18H25FN2O4/c1-18(2,21-16(24)11-6-5-7-12(19)10-11)17(25)20-13-8-3-4-9-14(22)15(13)23/h5-7,10,13-15,22-23H,3-4,8-9H2,1-2H3,(H,20,25)(H,21,24)/t13-,14-,15-/m1/s1. The van der Waals surface area contributed by atoms with E-state index in [1.54, 1.807) is 0 Å². The predicted octanol–water partition coefficient (Wildman–Crippen LogP) is 1.11. The molecular formula is C18H25FN2O4. The summed E-state index contributed by atoms with van der Waals surface area (Å²) in [6.45, 7) is 3.05. The number of carbonyl (C=O) groups is 2. The van der Waals surface area contributed by atoms with Crippen LogP contribution in [-0.4, -0.2) is 45.8 Å². The number of rotatable bonds is 4. The lowest BCUT2D eigenvalue weighted by atomic mass is 9.99. The number of carbonyl (C=O) groups excluding carboxylic acids is 2. The van der Waals surface area contributed by atoms with Crippen molar-refractivity contribution in [1.29, 1.82) is 0 Å². The van der Waals surface area contributed by atoms with Gasteiger partial charge in [-0.05, 0) is 44.9 Å². The first-order valence-electron chi connectivity index (χ1n) is 8.46. The molecule has 0 heterocycles. The summed E-state index contributed by atoms with van der Waals surface area (Å²) in [6, 6.07) is 4.62. The first-order chi connectivity index (χ1) is 11.7. The van der Waals surface area contributed by atoms with E-state index in [0.29, 0.717) is 12.8 Å². The lowest BCUT2D eigenvalue weighted by molar-refractivity contribution is -0.128. The van der Waals surface area contributed by atoms with E-state index in [9.17, 15) is 24.2 Å². The fourth-order valence-corrected chi connectivity index (χ4v) is 2.88. The molecular weight excluding hydrogens is 327 g/mol. The third-order valence-corrected chi connectivity index (χ3v) is 4.47. The lowest BCUT2D eigenvalue weighted by Crippen LogP contribution is -2.59. The van der Waals surface area contributed by atoms with Crippen LogP contribution in [0.25, 0.3) is 0 Å². The Morgan fingerprint density at radius 2 is 1.88 bits per heavy atom. The van der Waals surface area contributed by atoms with E-state index in [2.05, 4.69) is 10.6 Å². The van der Waals surface area contributed by atoms with Gasteiger partial charge in [0.2, 0.25) is 5.91 Å². The van der Waals surface area contributed by atoms with Gasteiger partial charge in [0, 0.05) is 5.56 Å². The molecule has 6 nitrogen and oxygen atoms in total. The molecule has 0 spiro atoms. The second kappa shape index (κ2) is 7.93. The molecule has 2 rings (SSSR count). The number of hydrogen-bond donors (Lipinski definition) is 4. The third kappa shape index (κ3) is 4.99. The molecule has 0 bridgehead atoms. The Hall–Kier alpha value is -1.99. The zero-order valence-corrected chi connectivity index (χ0v) is 14.5. The van der Waals surface area contributed by atoms with Crippen molar-refractivity contribution in [3.63, 3.8) is 0 Å². The molecule has 0 unspecified atom stereocenters. The van der Waals surface area contributed by atoms with Crippen LogP contribution in [0.5, 0.6) is 0 Å². The average Bonchev–Trinajstić information content (AvgIpc) is 2.70. The van der Waals surface area contributed by atoms with E-state index in [4.69, 9.17) is 0 Å². The van der Waals surface area contributed by atoms with Gasteiger partial charge >= 0.3 is 0 Å². The topological polar surface area (TPSA) is 98.7 Å². The van der Waals surface area contributed by atoms with Crippen molar-refractivity contribution in [2.75, 3.05) is 0 Å². The summed E-state index contributed by atoms with van der Waals surface area (Å²) in [5, 5.41) is 25.3. The van der Waals surface area contributed by atoms with E-state index >= 15 is 0 Å². The highest BCUT2D eigenvalue weighted by Gasteiger charge is 2.35. The van der Waals surface area contributed by atoms with Crippen molar-refractivity contribution in [1.82, 2.24) is 10.6 Å². The van der Waals surface area contributed by atoms with Crippen LogP contribution in [-0.2, 0) is 4.79 Å². The maximum absolute atomic E-state index is 13.2. The highest BCUT2D eigenvalue weighted by Crippen LogP contribution is 2.19. The monoisotopic (exact) mass is 352 g/mol.